The largest absolute Gasteiger partial charge is 0.495 e. The highest BCUT2D eigenvalue weighted by Gasteiger charge is 2.24. The smallest absolute Gasteiger partial charge is 0.388 e. The van der Waals surface area contributed by atoms with E-state index in [0.29, 0.717) is 11.6 Å². The monoisotopic (exact) mass is 472 g/mol. The second-order valence-electron chi connectivity index (χ2n) is 7.60. The van der Waals surface area contributed by atoms with Gasteiger partial charge < -0.3 is 10.4 Å². The molecule has 0 heterocycles. The van der Waals surface area contributed by atoms with E-state index in [1.807, 2.05) is 14.0 Å². The molecule has 0 atom stereocenters. The van der Waals surface area contributed by atoms with E-state index < -0.39 is 18.5 Å². The lowest BCUT2D eigenvalue weighted by Gasteiger charge is -2.12. The summed E-state index contributed by atoms with van der Waals surface area (Å²) in [7, 11) is 1.83. The molecule has 8 heteroatoms. The lowest BCUT2D eigenvalue weighted by atomic mass is 10.0. The summed E-state index contributed by atoms with van der Waals surface area (Å²) in [4.78, 5) is 4.15. The Morgan fingerprint density at radius 3 is 1.94 bits per heavy atom. The van der Waals surface area contributed by atoms with Gasteiger partial charge in [-0.05, 0) is 42.7 Å². The van der Waals surface area contributed by atoms with Crippen LogP contribution < -0.4 is 5.32 Å². The van der Waals surface area contributed by atoms with E-state index in [9.17, 15) is 22.0 Å². The lowest BCUT2D eigenvalue weighted by Crippen LogP contribution is -2.07. The molecular formula is C25H33F5N2O. The highest BCUT2D eigenvalue weighted by atomic mass is 19.4. The molecule has 0 saturated carbocycles. The number of alkyl halides is 5. The van der Waals surface area contributed by atoms with Gasteiger partial charge in [-0.2, -0.15) is 13.2 Å². The van der Waals surface area contributed by atoms with Gasteiger partial charge in [0.25, 0.3) is 5.92 Å². The van der Waals surface area contributed by atoms with Crippen LogP contribution in [0, 0.1) is 0 Å². The molecule has 0 amide bonds. The molecule has 2 rings (SSSR count). The van der Waals surface area contributed by atoms with Crippen molar-refractivity contribution in [3.63, 3.8) is 0 Å². The quantitative estimate of drug-likeness (QED) is 0.260. The summed E-state index contributed by atoms with van der Waals surface area (Å²) in [5.74, 6) is -2.55. The van der Waals surface area contributed by atoms with Crippen molar-refractivity contribution in [3.05, 3.63) is 77.7 Å². The Hall–Kier alpha value is -2.90. The van der Waals surface area contributed by atoms with Crippen molar-refractivity contribution in [2.45, 2.75) is 59.1 Å². The fraction of sp³-hybridized carbons (Fsp3) is 0.400. The number of halogens is 5. The topological polar surface area (TPSA) is 44.6 Å². The zero-order chi connectivity index (χ0) is 25.8. The summed E-state index contributed by atoms with van der Waals surface area (Å²) in [6.45, 7) is 11.5. The molecule has 0 radical (unpaired) electrons. The molecule has 0 bridgehead atoms. The molecule has 0 saturated heterocycles. The zero-order valence-electron chi connectivity index (χ0n) is 19.9. The van der Waals surface area contributed by atoms with Gasteiger partial charge in [0.2, 0.25) is 0 Å². The predicted octanol–water partition coefficient (Wildman–Crippen LogP) is 8.45. The summed E-state index contributed by atoms with van der Waals surface area (Å²) in [6.07, 6.45) is -4.69. The van der Waals surface area contributed by atoms with E-state index in [2.05, 4.69) is 55.0 Å². The predicted molar refractivity (Wildman–Crippen MR) is 126 cm³/mol. The van der Waals surface area contributed by atoms with Crippen molar-refractivity contribution in [3.8, 4) is 0 Å². The van der Waals surface area contributed by atoms with Crippen molar-refractivity contribution < 1.29 is 27.1 Å². The Kier molecular flexibility index (Phi) is 12.4. The number of hydrogen-bond acceptors (Lipinski definition) is 3. The van der Waals surface area contributed by atoms with Gasteiger partial charge in [0, 0.05) is 37.4 Å². The average Bonchev–Trinajstić information content (AvgIpc) is 2.73. The van der Waals surface area contributed by atoms with E-state index >= 15 is 0 Å². The first-order valence-corrected chi connectivity index (χ1v) is 10.3. The number of benzene rings is 2. The lowest BCUT2D eigenvalue weighted by molar-refractivity contribution is -0.130. The van der Waals surface area contributed by atoms with Crippen molar-refractivity contribution >= 4 is 11.4 Å². The van der Waals surface area contributed by atoms with E-state index in [-0.39, 0.29) is 11.4 Å². The minimum absolute atomic E-state index is 0.108. The standard InChI is InChI=1S/C12H17N.C10H11F2NO.C3H5F3/c1-9(2)11-5-7-12(8-6-11)10(3)13-4;1-7(14)13-9-5-3-4-8(6-9)10(2,11)12;1-2-3(4,5)6/h5-9H,1-4H3;3-6,13-14H,1H2,2H3;2H2,1H3. The normalized spacial score (nSPS) is 11.7. The van der Waals surface area contributed by atoms with Gasteiger partial charge in [-0.25, -0.2) is 8.78 Å². The van der Waals surface area contributed by atoms with Crippen molar-refractivity contribution in [2.75, 3.05) is 12.4 Å². The maximum absolute atomic E-state index is 12.9. The van der Waals surface area contributed by atoms with Crippen molar-refractivity contribution in [1.29, 1.82) is 0 Å². The molecule has 184 valence electrons. The van der Waals surface area contributed by atoms with Crippen LogP contribution in [-0.2, 0) is 5.92 Å². The van der Waals surface area contributed by atoms with Crippen molar-refractivity contribution in [1.82, 2.24) is 0 Å². The van der Waals surface area contributed by atoms with Gasteiger partial charge in [-0.1, -0.05) is 57.2 Å². The minimum Gasteiger partial charge on any atom is -0.495 e. The molecular weight excluding hydrogens is 439 g/mol. The van der Waals surface area contributed by atoms with Gasteiger partial charge in [-0.3, -0.25) is 4.99 Å². The number of aliphatic hydroxyl groups is 1. The third kappa shape index (κ3) is 13.3. The maximum Gasteiger partial charge on any atom is 0.388 e. The number of aliphatic imine (C=N–C) groups is 1. The fourth-order valence-corrected chi connectivity index (χ4v) is 2.27. The maximum atomic E-state index is 12.9. The Balaban J connectivity index is 0.000000503. The number of aliphatic hydroxyl groups excluding tert-OH is 1. The third-order valence-electron chi connectivity index (χ3n) is 4.39. The number of anilines is 1. The van der Waals surface area contributed by atoms with Gasteiger partial charge >= 0.3 is 6.18 Å². The molecule has 0 aliphatic heterocycles. The summed E-state index contributed by atoms with van der Waals surface area (Å²) in [6, 6.07) is 14.3. The van der Waals surface area contributed by atoms with Gasteiger partial charge in [0.1, 0.15) is 0 Å². The SMILES string of the molecule is C=C(O)Nc1cccc(C(C)(F)F)c1.CCC(F)(F)F.CN=C(C)c1ccc(C(C)C)cc1. The first kappa shape index (κ1) is 30.1. The van der Waals surface area contributed by atoms with Crippen LogP contribution in [0.4, 0.5) is 27.6 Å². The van der Waals surface area contributed by atoms with Crippen LogP contribution in [0.3, 0.4) is 0 Å². The van der Waals surface area contributed by atoms with E-state index in [1.165, 1.54) is 29.3 Å². The Labute approximate surface area is 193 Å². The van der Waals surface area contributed by atoms with Gasteiger partial charge in [0.15, 0.2) is 5.88 Å². The van der Waals surface area contributed by atoms with Gasteiger partial charge in [0.05, 0.1) is 0 Å². The zero-order valence-corrected chi connectivity index (χ0v) is 19.9. The van der Waals surface area contributed by atoms with Crippen LogP contribution in [0.15, 0.2) is 66.0 Å². The molecule has 0 spiro atoms. The molecule has 0 unspecified atom stereocenters. The minimum atomic E-state index is -3.96. The highest BCUT2D eigenvalue weighted by molar-refractivity contribution is 5.98. The highest BCUT2D eigenvalue weighted by Crippen LogP contribution is 2.28. The Bertz CT molecular complexity index is 883. The van der Waals surface area contributed by atoms with Crippen LogP contribution in [0.1, 0.15) is 63.6 Å². The summed E-state index contributed by atoms with van der Waals surface area (Å²) >= 11 is 0. The van der Waals surface area contributed by atoms with Crippen LogP contribution in [0.25, 0.3) is 0 Å². The molecule has 0 aromatic heterocycles. The molecule has 0 aliphatic carbocycles. The summed E-state index contributed by atoms with van der Waals surface area (Å²) < 4.78 is 58.1. The first-order valence-electron chi connectivity index (χ1n) is 10.3. The second-order valence-corrected chi connectivity index (χ2v) is 7.60. The average molecular weight is 473 g/mol. The van der Waals surface area contributed by atoms with E-state index in [4.69, 9.17) is 5.11 Å². The Morgan fingerprint density at radius 1 is 1.06 bits per heavy atom. The van der Waals surface area contributed by atoms with E-state index in [0.717, 1.165) is 19.6 Å². The van der Waals surface area contributed by atoms with Crippen LogP contribution >= 0.6 is 0 Å². The van der Waals surface area contributed by atoms with E-state index in [1.54, 1.807) is 6.07 Å². The Morgan fingerprint density at radius 2 is 1.58 bits per heavy atom. The first-order chi connectivity index (χ1) is 15.1. The molecule has 3 nitrogen and oxygen atoms in total. The number of hydrogen-bond donors (Lipinski definition) is 2. The molecule has 2 aromatic carbocycles. The molecule has 33 heavy (non-hydrogen) atoms. The molecule has 2 N–H and O–H groups in total. The summed E-state index contributed by atoms with van der Waals surface area (Å²) in [5.41, 5.74) is 3.97. The van der Waals surface area contributed by atoms with Crippen LogP contribution in [0.2, 0.25) is 0 Å². The third-order valence-corrected chi connectivity index (χ3v) is 4.39. The molecule has 2 aromatic rings. The number of nitrogens with zero attached hydrogens (tertiary/aromatic N) is 1. The van der Waals surface area contributed by atoms with Crippen molar-refractivity contribution in [2.24, 2.45) is 4.99 Å². The molecule has 0 fully saturated rings. The van der Waals surface area contributed by atoms with Crippen LogP contribution in [0.5, 0.6) is 0 Å². The number of nitrogens with one attached hydrogen (secondary N) is 1. The fourth-order valence-electron chi connectivity index (χ4n) is 2.27. The summed E-state index contributed by atoms with van der Waals surface area (Å²) in [5, 5.41) is 11.3. The second kappa shape index (κ2) is 13.6. The number of rotatable bonds is 5. The van der Waals surface area contributed by atoms with Gasteiger partial charge in [-0.15, -0.1) is 0 Å². The molecule has 0 aliphatic rings. The van der Waals surface area contributed by atoms with Crippen LogP contribution in [-0.4, -0.2) is 24.0 Å².